The molecule has 0 bridgehead atoms. The highest BCUT2D eigenvalue weighted by molar-refractivity contribution is 5.13. The summed E-state index contributed by atoms with van der Waals surface area (Å²) in [4.78, 5) is 4.03. The van der Waals surface area contributed by atoms with Gasteiger partial charge in [0.25, 0.3) is 0 Å². The number of ether oxygens (including phenoxy) is 1. The molecule has 1 aromatic rings. The summed E-state index contributed by atoms with van der Waals surface area (Å²) in [5.41, 5.74) is 0.899. The van der Waals surface area contributed by atoms with Crippen molar-refractivity contribution in [3.63, 3.8) is 0 Å². The van der Waals surface area contributed by atoms with Crippen molar-refractivity contribution in [3.8, 4) is 6.07 Å². The molecular formula is C10H16N4O. The number of rotatable bonds is 6. The van der Waals surface area contributed by atoms with Crippen LogP contribution in [0.25, 0.3) is 0 Å². The quantitative estimate of drug-likeness (QED) is 0.699. The van der Waals surface area contributed by atoms with E-state index in [4.69, 9.17) is 10.00 Å². The summed E-state index contributed by atoms with van der Waals surface area (Å²) in [6.45, 7) is 4.09. The van der Waals surface area contributed by atoms with Gasteiger partial charge in [-0.25, -0.2) is 4.98 Å². The average Bonchev–Trinajstić information content (AvgIpc) is 2.72. The molecule has 1 aromatic heterocycles. The van der Waals surface area contributed by atoms with Gasteiger partial charge in [0, 0.05) is 20.2 Å². The van der Waals surface area contributed by atoms with E-state index >= 15 is 0 Å². The lowest BCUT2D eigenvalue weighted by Crippen LogP contribution is -2.25. The van der Waals surface area contributed by atoms with Crippen molar-refractivity contribution in [2.75, 3.05) is 20.3 Å². The van der Waals surface area contributed by atoms with Gasteiger partial charge in [0.15, 0.2) is 0 Å². The molecule has 82 valence electrons. The van der Waals surface area contributed by atoms with Gasteiger partial charge in [-0.05, 0) is 6.92 Å². The van der Waals surface area contributed by atoms with Crippen molar-refractivity contribution < 1.29 is 4.74 Å². The normalized spacial score (nSPS) is 12.3. The molecule has 1 atom stereocenters. The summed E-state index contributed by atoms with van der Waals surface area (Å²) in [7, 11) is 1.64. The van der Waals surface area contributed by atoms with E-state index < -0.39 is 0 Å². The molecule has 0 aliphatic carbocycles. The van der Waals surface area contributed by atoms with Crippen LogP contribution < -0.4 is 5.32 Å². The van der Waals surface area contributed by atoms with Crippen molar-refractivity contribution in [2.24, 2.45) is 0 Å². The molecule has 0 fully saturated rings. The fourth-order valence-corrected chi connectivity index (χ4v) is 1.36. The van der Waals surface area contributed by atoms with E-state index in [1.807, 2.05) is 11.5 Å². The van der Waals surface area contributed by atoms with Crippen LogP contribution in [0.5, 0.6) is 0 Å². The van der Waals surface area contributed by atoms with Gasteiger partial charge in [0.05, 0.1) is 30.9 Å². The highest BCUT2D eigenvalue weighted by atomic mass is 16.5. The zero-order valence-electron chi connectivity index (χ0n) is 9.10. The zero-order valence-corrected chi connectivity index (χ0v) is 9.10. The number of hydrogen-bond acceptors (Lipinski definition) is 4. The highest BCUT2D eigenvalue weighted by Gasteiger charge is 2.13. The summed E-state index contributed by atoms with van der Waals surface area (Å²) in [5.74, 6) is 0. The van der Waals surface area contributed by atoms with Gasteiger partial charge in [0.2, 0.25) is 0 Å². The second-order valence-corrected chi connectivity index (χ2v) is 3.11. The largest absolute Gasteiger partial charge is 0.383 e. The lowest BCUT2D eigenvalue weighted by Gasteiger charge is -2.12. The van der Waals surface area contributed by atoms with Crippen LogP contribution in [0.15, 0.2) is 12.5 Å². The van der Waals surface area contributed by atoms with Crippen LogP contribution in [-0.4, -0.2) is 29.8 Å². The fourth-order valence-electron chi connectivity index (χ4n) is 1.36. The Morgan fingerprint density at radius 3 is 3.13 bits per heavy atom. The first-order valence-electron chi connectivity index (χ1n) is 4.95. The molecule has 15 heavy (non-hydrogen) atoms. The maximum Gasteiger partial charge on any atom is 0.138 e. The Morgan fingerprint density at radius 1 is 1.73 bits per heavy atom. The first kappa shape index (κ1) is 11.7. The minimum Gasteiger partial charge on any atom is -0.383 e. The number of hydrogen-bond donors (Lipinski definition) is 1. The van der Waals surface area contributed by atoms with E-state index in [-0.39, 0.29) is 6.04 Å². The Hall–Kier alpha value is -1.38. The third-order valence-electron chi connectivity index (χ3n) is 2.16. The lowest BCUT2D eigenvalue weighted by molar-refractivity contribution is 0.197. The second kappa shape index (κ2) is 6.17. The van der Waals surface area contributed by atoms with E-state index in [0.29, 0.717) is 13.2 Å². The van der Waals surface area contributed by atoms with Crippen LogP contribution in [-0.2, 0) is 11.3 Å². The predicted molar refractivity (Wildman–Crippen MR) is 56.1 cm³/mol. The Kier molecular flexibility index (Phi) is 4.81. The summed E-state index contributed by atoms with van der Waals surface area (Å²) >= 11 is 0. The molecule has 5 heteroatoms. The standard InChI is InChI=1S/C10H16N4O/c1-3-14-8-12-7-10(14)9(6-11)13-4-5-15-2/h7-9,13H,3-5H2,1-2H3. The zero-order chi connectivity index (χ0) is 11.1. The number of aryl methyl sites for hydroxylation is 1. The molecule has 1 unspecified atom stereocenters. The summed E-state index contributed by atoms with van der Waals surface area (Å²) in [6.07, 6.45) is 3.45. The second-order valence-electron chi connectivity index (χ2n) is 3.11. The molecule has 0 saturated carbocycles. The Morgan fingerprint density at radius 2 is 2.53 bits per heavy atom. The molecule has 0 aliphatic heterocycles. The maximum atomic E-state index is 9.02. The molecule has 5 nitrogen and oxygen atoms in total. The molecule has 0 radical (unpaired) electrons. The molecule has 0 spiro atoms. The number of nitrogens with zero attached hydrogens (tertiary/aromatic N) is 3. The predicted octanol–water partition coefficient (Wildman–Crippen LogP) is 0.704. The van der Waals surface area contributed by atoms with Gasteiger partial charge in [-0.2, -0.15) is 5.26 Å². The van der Waals surface area contributed by atoms with Crippen molar-refractivity contribution in [3.05, 3.63) is 18.2 Å². The van der Waals surface area contributed by atoms with E-state index in [1.165, 1.54) is 0 Å². The van der Waals surface area contributed by atoms with Crippen molar-refractivity contribution in [1.82, 2.24) is 14.9 Å². The van der Waals surface area contributed by atoms with Gasteiger partial charge in [-0.1, -0.05) is 0 Å². The molecule has 0 aliphatic rings. The van der Waals surface area contributed by atoms with Crippen LogP contribution in [0, 0.1) is 11.3 Å². The molecule has 0 saturated heterocycles. The van der Waals surface area contributed by atoms with Gasteiger partial charge in [-0.3, -0.25) is 5.32 Å². The monoisotopic (exact) mass is 208 g/mol. The molecule has 0 aromatic carbocycles. The molecule has 0 amide bonds. The average molecular weight is 208 g/mol. The van der Waals surface area contributed by atoms with Crippen molar-refractivity contribution in [1.29, 1.82) is 5.26 Å². The van der Waals surface area contributed by atoms with Gasteiger partial charge in [-0.15, -0.1) is 0 Å². The number of imidazole rings is 1. The van der Waals surface area contributed by atoms with Crippen molar-refractivity contribution in [2.45, 2.75) is 19.5 Å². The van der Waals surface area contributed by atoms with Gasteiger partial charge < -0.3 is 9.30 Å². The van der Waals surface area contributed by atoms with Gasteiger partial charge >= 0.3 is 0 Å². The number of nitriles is 1. The Labute approximate surface area is 89.7 Å². The van der Waals surface area contributed by atoms with Crippen molar-refractivity contribution >= 4 is 0 Å². The van der Waals surface area contributed by atoms with E-state index in [0.717, 1.165) is 12.2 Å². The molecule has 1 heterocycles. The fraction of sp³-hybridized carbons (Fsp3) is 0.600. The molecular weight excluding hydrogens is 192 g/mol. The first-order valence-corrected chi connectivity index (χ1v) is 4.95. The molecule has 1 rings (SSSR count). The smallest absolute Gasteiger partial charge is 0.138 e. The lowest BCUT2D eigenvalue weighted by atomic mass is 10.2. The van der Waals surface area contributed by atoms with Crippen LogP contribution in [0.3, 0.4) is 0 Å². The number of aromatic nitrogens is 2. The third-order valence-corrected chi connectivity index (χ3v) is 2.16. The maximum absolute atomic E-state index is 9.02. The number of nitrogens with one attached hydrogen (secondary N) is 1. The minimum atomic E-state index is -0.317. The van der Waals surface area contributed by atoms with E-state index in [1.54, 1.807) is 19.6 Å². The highest BCUT2D eigenvalue weighted by Crippen LogP contribution is 2.10. The van der Waals surface area contributed by atoms with Crippen LogP contribution in [0.4, 0.5) is 0 Å². The minimum absolute atomic E-state index is 0.317. The van der Waals surface area contributed by atoms with Crippen LogP contribution >= 0.6 is 0 Å². The first-order chi connectivity index (χ1) is 7.33. The Balaban J connectivity index is 2.62. The third kappa shape index (κ3) is 3.05. The number of methoxy groups -OCH3 is 1. The van der Waals surface area contributed by atoms with Crippen LogP contribution in [0.1, 0.15) is 18.7 Å². The Bertz CT molecular complexity index is 328. The summed E-state index contributed by atoms with van der Waals surface area (Å²) in [5, 5.41) is 12.1. The topological polar surface area (TPSA) is 62.9 Å². The molecule has 1 N–H and O–H groups in total. The summed E-state index contributed by atoms with van der Waals surface area (Å²) in [6, 6.07) is 1.89. The summed E-state index contributed by atoms with van der Waals surface area (Å²) < 4.78 is 6.87. The SMILES string of the molecule is CCn1cncc1C(C#N)NCCOC. The van der Waals surface area contributed by atoms with E-state index in [2.05, 4.69) is 16.4 Å². The van der Waals surface area contributed by atoms with Crippen LogP contribution in [0.2, 0.25) is 0 Å². The van der Waals surface area contributed by atoms with Gasteiger partial charge in [0.1, 0.15) is 6.04 Å². The van der Waals surface area contributed by atoms with E-state index in [9.17, 15) is 0 Å².